The largest absolute Gasteiger partial charge is 0.393 e. The molecule has 0 unspecified atom stereocenters. The van der Waals surface area contributed by atoms with Crippen molar-refractivity contribution >= 4 is 17.9 Å². The van der Waals surface area contributed by atoms with E-state index in [9.17, 15) is 14.7 Å². The number of carbonyl (C=O) groups is 2. The van der Waals surface area contributed by atoms with Crippen LogP contribution in [0.1, 0.15) is 92.1 Å². The first-order valence-electron chi connectivity index (χ1n) is 16.9. The van der Waals surface area contributed by atoms with Crippen LogP contribution in [-0.4, -0.2) is 60.2 Å². The van der Waals surface area contributed by atoms with Gasteiger partial charge in [0.1, 0.15) is 5.78 Å². The van der Waals surface area contributed by atoms with Gasteiger partial charge < -0.3 is 15.3 Å². The standard InChI is InChI=1S/C37H55N3O3/c1-23(2)32(43)39-29-16-17-36-21-37(36)28(15-14-27(36)33(29,4)22-38-20-25-12-10-9-11-13-25)34(5)18-26(41)31(24(3)40(7)8)35(34,6)19-30(37)42/h9-13,22-24,26-29,31,41H,14-21H2,1-8H3,(H,39,43)/t24-,26+,27-,28-,29-,31-,33-,34-,35+,36+,37-/m0/s1. The van der Waals surface area contributed by atoms with Gasteiger partial charge in [0.2, 0.25) is 5.91 Å². The molecule has 0 bridgehead atoms. The van der Waals surface area contributed by atoms with Crippen LogP contribution in [-0.2, 0) is 16.1 Å². The first kappa shape index (κ1) is 31.0. The molecule has 5 aliphatic rings. The number of ketones is 1. The van der Waals surface area contributed by atoms with Crippen molar-refractivity contribution in [3.05, 3.63) is 35.9 Å². The van der Waals surface area contributed by atoms with Crippen LogP contribution in [0.5, 0.6) is 0 Å². The normalized spacial score (nSPS) is 45.8. The number of aliphatic hydroxyl groups excluding tert-OH is 1. The summed E-state index contributed by atoms with van der Waals surface area (Å²) < 4.78 is 0. The molecule has 1 amide bonds. The van der Waals surface area contributed by atoms with Crippen LogP contribution in [0.25, 0.3) is 0 Å². The molecule has 5 aliphatic carbocycles. The number of nitrogens with zero attached hydrogens (tertiary/aromatic N) is 2. The molecule has 2 N–H and O–H groups in total. The van der Waals surface area contributed by atoms with Crippen LogP contribution >= 0.6 is 0 Å². The lowest BCUT2D eigenvalue weighted by atomic mass is 9.41. The fourth-order valence-corrected chi connectivity index (χ4v) is 11.8. The van der Waals surface area contributed by atoms with Crippen molar-refractivity contribution in [1.29, 1.82) is 0 Å². The second-order valence-corrected chi connectivity index (χ2v) is 16.5. The molecule has 6 rings (SSSR count). The predicted octanol–water partition coefficient (Wildman–Crippen LogP) is 5.92. The topological polar surface area (TPSA) is 82.0 Å². The van der Waals surface area contributed by atoms with Gasteiger partial charge in [0.25, 0.3) is 0 Å². The lowest BCUT2D eigenvalue weighted by Gasteiger charge is -2.62. The minimum Gasteiger partial charge on any atom is -0.393 e. The fourth-order valence-electron chi connectivity index (χ4n) is 11.8. The minimum absolute atomic E-state index is 0.00455. The molecule has 1 aromatic carbocycles. The number of nitrogens with one attached hydrogen (secondary N) is 1. The van der Waals surface area contributed by atoms with Gasteiger partial charge in [-0.05, 0) is 93.2 Å². The van der Waals surface area contributed by atoms with Gasteiger partial charge in [-0.3, -0.25) is 14.6 Å². The van der Waals surface area contributed by atoms with Gasteiger partial charge in [-0.15, -0.1) is 0 Å². The van der Waals surface area contributed by atoms with E-state index in [1.165, 1.54) is 5.56 Å². The van der Waals surface area contributed by atoms with E-state index < -0.39 is 0 Å². The predicted molar refractivity (Wildman–Crippen MR) is 172 cm³/mol. The van der Waals surface area contributed by atoms with E-state index in [-0.39, 0.29) is 63.0 Å². The highest BCUT2D eigenvalue weighted by atomic mass is 16.3. The molecule has 0 saturated heterocycles. The van der Waals surface area contributed by atoms with Gasteiger partial charge in [-0.25, -0.2) is 0 Å². The Morgan fingerprint density at radius 2 is 1.74 bits per heavy atom. The number of aliphatic hydroxyl groups is 1. The molecule has 2 spiro atoms. The summed E-state index contributed by atoms with van der Waals surface area (Å²) in [6.45, 7) is 13.8. The quantitative estimate of drug-likeness (QED) is 0.387. The maximum Gasteiger partial charge on any atom is 0.222 e. The molecule has 236 valence electrons. The lowest BCUT2D eigenvalue weighted by molar-refractivity contribution is -0.167. The zero-order valence-electron chi connectivity index (χ0n) is 27.8. The van der Waals surface area contributed by atoms with Crippen molar-refractivity contribution in [2.75, 3.05) is 14.1 Å². The number of amides is 1. The molecule has 0 heterocycles. The molecule has 11 atom stereocenters. The summed E-state index contributed by atoms with van der Waals surface area (Å²) in [7, 11) is 4.20. The van der Waals surface area contributed by atoms with Crippen LogP contribution in [0.15, 0.2) is 35.3 Å². The zero-order chi connectivity index (χ0) is 31.2. The number of benzene rings is 1. The molecule has 0 aliphatic heterocycles. The summed E-state index contributed by atoms with van der Waals surface area (Å²) in [5.74, 6) is 1.15. The summed E-state index contributed by atoms with van der Waals surface area (Å²) in [6.07, 6.45) is 8.02. The number of rotatable bonds is 7. The van der Waals surface area contributed by atoms with E-state index in [0.29, 0.717) is 30.6 Å². The van der Waals surface area contributed by atoms with Crippen molar-refractivity contribution in [3.8, 4) is 0 Å². The van der Waals surface area contributed by atoms with Crippen LogP contribution in [0.4, 0.5) is 0 Å². The van der Waals surface area contributed by atoms with Crippen molar-refractivity contribution in [3.63, 3.8) is 0 Å². The smallest absolute Gasteiger partial charge is 0.222 e. The van der Waals surface area contributed by atoms with E-state index in [4.69, 9.17) is 4.99 Å². The van der Waals surface area contributed by atoms with Gasteiger partial charge in [-0.2, -0.15) is 0 Å². The third kappa shape index (κ3) is 4.14. The van der Waals surface area contributed by atoms with Crippen LogP contribution < -0.4 is 5.32 Å². The number of hydrogen-bond acceptors (Lipinski definition) is 5. The van der Waals surface area contributed by atoms with Crippen LogP contribution in [0.3, 0.4) is 0 Å². The Kier molecular flexibility index (Phi) is 7.37. The highest BCUT2D eigenvalue weighted by molar-refractivity contribution is 5.92. The van der Waals surface area contributed by atoms with Crippen molar-refractivity contribution in [1.82, 2.24) is 10.2 Å². The molecular weight excluding hydrogens is 534 g/mol. The van der Waals surface area contributed by atoms with Gasteiger partial charge >= 0.3 is 0 Å². The molecule has 5 saturated carbocycles. The van der Waals surface area contributed by atoms with Crippen LogP contribution in [0.2, 0.25) is 0 Å². The molecule has 0 radical (unpaired) electrons. The van der Waals surface area contributed by atoms with E-state index >= 15 is 0 Å². The summed E-state index contributed by atoms with van der Waals surface area (Å²) in [5.41, 5.74) is 0.206. The lowest BCUT2D eigenvalue weighted by Crippen LogP contribution is -2.63. The average Bonchev–Trinajstić information content (AvgIpc) is 3.59. The highest BCUT2D eigenvalue weighted by Crippen LogP contribution is 2.87. The second kappa shape index (κ2) is 10.2. The Morgan fingerprint density at radius 1 is 1.07 bits per heavy atom. The Bertz CT molecular complexity index is 1300. The van der Waals surface area contributed by atoms with Gasteiger partial charge in [0.05, 0.1) is 12.6 Å². The van der Waals surface area contributed by atoms with E-state index in [1.807, 2.05) is 19.9 Å². The summed E-state index contributed by atoms with van der Waals surface area (Å²) in [6, 6.07) is 10.6. The molecule has 1 aromatic rings. The van der Waals surface area contributed by atoms with Gasteiger partial charge in [0.15, 0.2) is 0 Å². The van der Waals surface area contributed by atoms with Gasteiger partial charge in [-0.1, -0.05) is 65.0 Å². The first-order valence-corrected chi connectivity index (χ1v) is 16.9. The van der Waals surface area contributed by atoms with E-state index in [2.05, 4.69) is 82.5 Å². The average molecular weight is 590 g/mol. The number of fused-ring (bicyclic) bond motifs is 2. The Hall–Kier alpha value is -2.05. The highest BCUT2D eigenvalue weighted by Gasteiger charge is 2.86. The molecular formula is C37H55N3O3. The number of hydrogen-bond donors (Lipinski definition) is 2. The first-order chi connectivity index (χ1) is 20.2. The third-order valence-electron chi connectivity index (χ3n) is 14.3. The maximum atomic E-state index is 14.7. The Labute approximate surface area is 259 Å². The zero-order valence-corrected chi connectivity index (χ0v) is 27.8. The van der Waals surface area contributed by atoms with Crippen LogP contribution in [0, 0.1) is 50.7 Å². The van der Waals surface area contributed by atoms with Crippen molar-refractivity contribution < 1.29 is 14.7 Å². The molecule has 43 heavy (non-hydrogen) atoms. The fraction of sp³-hybridized carbons (Fsp3) is 0.757. The maximum absolute atomic E-state index is 14.7. The number of carbonyl (C=O) groups excluding carboxylic acids is 2. The van der Waals surface area contributed by atoms with Crippen molar-refractivity contribution in [2.45, 2.75) is 111 Å². The Balaban J connectivity index is 1.36. The van der Waals surface area contributed by atoms with E-state index in [0.717, 1.165) is 38.5 Å². The summed E-state index contributed by atoms with van der Waals surface area (Å²) >= 11 is 0. The third-order valence-corrected chi connectivity index (χ3v) is 14.3. The minimum atomic E-state index is -0.389. The summed E-state index contributed by atoms with van der Waals surface area (Å²) in [5, 5.41) is 15.1. The van der Waals surface area contributed by atoms with E-state index in [1.54, 1.807) is 0 Å². The summed E-state index contributed by atoms with van der Waals surface area (Å²) in [4.78, 5) is 35.0. The molecule has 6 heteroatoms. The van der Waals surface area contributed by atoms with Crippen molar-refractivity contribution in [2.24, 2.45) is 55.7 Å². The SMILES string of the molecule is CC(C)C(=O)N[C@H]1CC[C@]23C[C@]24C(=O)C[C@]2(C)[C@@H]([C@H](C)N(C)C)[C@H](O)C[C@@]2(C)[C@@H]4CC[C@H]3[C@]1(C)C=NCc1ccccc1. The molecule has 5 fully saturated rings. The van der Waals surface area contributed by atoms with Gasteiger partial charge in [0, 0.05) is 47.4 Å². The number of aliphatic imine (C=N–C) groups is 1. The second-order valence-electron chi connectivity index (χ2n) is 16.5. The monoisotopic (exact) mass is 589 g/mol. The molecule has 0 aromatic heterocycles. The molecule has 6 nitrogen and oxygen atoms in total. The Morgan fingerprint density at radius 3 is 2.40 bits per heavy atom. The number of Topliss-reactive ketones (excluding diaryl/α,β-unsaturated/α-hetero) is 1.